The quantitative estimate of drug-likeness (QED) is 0.587. The van der Waals surface area contributed by atoms with Gasteiger partial charge in [0.1, 0.15) is 5.82 Å². The zero-order valence-electron chi connectivity index (χ0n) is 12.6. The van der Waals surface area contributed by atoms with Crippen molar-refractivity contribution in [3.8, 4) is 17.2 Å². The second kappa shape index (κ2) is 5.48. The highest BCUT2D eigenvalue weighted by Crippen LogP contribution is 2.24. The van der Waals surface area contributed by atoms with Crippen molar-refractivity contribution in [3.05, 3.63) is 57.9 Å². The van der Waals surface area contributed by atoms with Gasteiger partial charge >= 0.3 is 0 Å². The van der Waals surface area contributed by atoms with Crippen LogP contribution in [-0.2, 0) is 0 Å². The van der Waals surface area contributed by atoms with E-state index in [1.165, 1.54) is 16.8 Å². The number of aryl methyl sites for hydroxylation is 2. The van der Waals surface area contributed by atoms with Crippen molar-refractivity contribution >= 4 is 11.5 Å². The summed E-state index contributed by atoms with van der Waals surface area (Å²) in [5.41, 5.74) is 8.59. The first kappa shape index (κ1) is 14.6. The second-order valence-corrected chi connectivity index (χ2v) is 5.12. The Bertz CT molecular complexity index is 903. The molecule has 23 heavy (non-hydrogen) atoms. The maximum absolute atomic E-state index is 10.9. The second-order valence-electron chi connectivity index (χ2n) is 5.12. The molecule has 2 aromatic heterocycles. The third-order valence-corrected chi connectivity index (χ3v) is 3.24. The Balaban J connectivity index is 2.13. The minimum absolute atomic E-state index is 0.00904. The van der Waals surface area contributed by atoms with E-state index in [4.69, 9.17) is 5.73 Å². The predicted molar refractivity (Wildman–Crippen MR) is 85.1 cm³/mol. The number of rotatable bonds is 3. The molecule has 0 aliphatic rings. The highest BCUT2D eigenvalue weighted by atomic mass is 16.6. The predicted octanol–water partition coefficient (Wildman–Crippen LogP) is 2.44. The zero-order valence-corrected chi connectivity index (χ0v) is 12.6. The number of hydrogen-bond acceptors (Lipinski definition) is 6. The van der Waals surface area contributed by atoms with Crippen molar-refractivity contribution in [3.63, 3.8) is 0 Å². The van der Waals surface area contributed by atoms with Gasteiger partial charge in [-0.05, 0) is 19.9 Å². The van der Waals surface area contributed by atoms with Gasteiger partial charge in [-0.1, -0.05) is 12.1 Å². The number of nitrogens with zero attached hydrogens (tertiary/aromatic N) is 5. The summed E-state index contributed by atoms with van der Waals surface area (Å²) >= 11 is 0. The molecule has 2 heterocycles. The Kier molecular flexibility index (Phi) is 3.49. The van der Waals surface area contributed by atoms with Gasteiger partial charge in [-0.25, -0.2) is 9.97 Å². The maximum atomic E-state index is 10.9. The SMILES string of the molecule is Cc1cc(-c2cccc([N+](=O)[O-])c2)nc(-n2nc(C)cc2N)n1. The molecule has 8 heteroatoms. The summed E-state index contributed by atoms with van der Waals surface area (Å²) < 4.78 is 1.45. The van der Waals surface area contributed by atoms with Crippen molar-refractivity contribution in [2.45, 2.75) is 13.8 Å². The molecule has 0 aliphatic carbocycles. The van der Waals surface area contributed by atoms with Crippen LogP contribution in [-0.4, -0.2) is 24.7 Å². The minimum Gasteiger partial charge on any atom is -0.383 e. The molecule has 8 nitrogen and oxygen atoms in total. The summed E-state index contributed by atoms with van der Waals surface area (Å²) in [6.45, 7) is 3.64. The Morgan fingerprint density at radius 1 is 1.13 bits per heavy atom. The number of nitrogen functional groups attached to an aromatic ring is 1. The van der Waals surface area contributed by atoms with Gasteiger partial charge in [-0.2, -0.15) is 9.78 Å². The fraction of sp³-hybridized carbons (Fsp3) is 0.133. The summed E-state index contributed by atoms with van der Waals surface area (Å²) in [5, 5.41) is 15.2. The molecular formula is C15H14N6O2. The summed E-state index contributed by atoms with van der Waals surface area (Å²) in [4.78, 5) is 19.3. The molecule has 0 fully saturated rings. The highest BCUT2D eigenvalue weighted by molar-refractivity contribution is 5.63. The average molecular weight is 310 g/mol. The zero-order chi connectivity index (χ0) is 16.6. The van der Waals surface area contributed by atoms with Crippen LogP contribution in [0.1, 0.15) is 11.4 Å². The first-order chi connectivity index (χ1) is 10.9. The van der Waals surface area contributed by atoms with Gasteiger partial charge in [0.05, 0.1) is 16.3 Å². The smallest absolute Gasteiger partial charge is 0.270 e. The Labute approximate surface area is 131 Å². The summed E-state index contributed by atoms with van der Waals surface area (Å²) in [7, 11) is 0. The highest BCUT2D eigenvalue weighted by Gasteiger charge is 2.13. The molecule has 0 saturated carbocycles. The van der Waals surface area contributed by atoms with Crippen LogP contribution in [0.3, 0.4) is 0 Å². The maximum Gasteiger partial charge on any atom is 0.270 e. The minimum atomic E-state index is -0.437. The van der Waals surface area contributed by atoms with E-state index in [-0.39, 0.29) is 5.69 Å². The topological polar surface area (TPSA) is 113 Å². The number of nitrogens with two attached hydrogens (primary N) is 1. The normalized spacial score (nSPS) is 10.7. The van der Waals surface area contributed by atoms with Crippen LogP contribution < -0.4 is 5.73 Å². The van der Waals surface area contributed by atoms with E-state index in [1.54, 1.807) is 24.3 Å². The molecule has 1 aromatic carbocycles. The molecular weight excluding hydrogens is 296 g/mol. The van der Waals surface area contributed by atoms with Crippen LogP contribution in [0.5, 0.6) is 0 Å². The fourth-order valence-corrected chi connectivity index (χ4v) is 2.25. The van der Waals surface area contributed by atoms with E-state index in [2.05, 4.69) is 15.1 Å². The number of aromatic nitrogens is 4. The van der Waals surface area contributed by atoms with Crippen molar-refractivity contribution in [1.29, 1.82) is 0 Å². The lowest BCUT2D eigenvalue weighted by Crippen LogP contribution is -2.08. The van der Waals surface area contributed by atoms with E-state index >= 15 is 0 Å². The Morgan fingerprint density at radius 2 is 1.91 bits per heavy atom. The lowest BCUT2D eigenvalue weighted by Gasteiger charge is -2.07. The first-order valence-electron chi connectivity index (χ1n) is 6.87. The number of nitro benzene ring substituents is 1. The molecule has 0 unspecified atom stereocenters. The number of hydrogen-bond donors (Lipinski definition) is 1. The number of nitro groups is 1. The number of anilines is 1. The molecule has 0 amide bonds. The molecule has 0 atom stereocenters. The lowest BCUT2D eigenvalue weighted by molar-refractivity contribution is -0.384. The van der Waals surface area contributed by atoms with Crippen LogP contribution in [0.25, 0.3) is 17.2 Å². The third kappa shape index (κ3) is 2.86. The Hall–Kier alpha value is -3.29. The van der Waals surface area contributed by atoms with Crippen molar-refractivity contribution < 1.29 is 4.92 Å². The van der Waals surface area contributed by atoms with Gasteiger partial charge in [0.25, 0.3) is 11.6 Å². The van der Waals surface area contributed by atoms with E-state index in [9.17, 15) is 10.1 Å². The van der Waals surface area contributed by atoms with Crippen molar-refractivity contribution in [2.24, 2.45) is 0 Å². The number of non-ortho nitro benzene ring substituents is 1. The van der Waals surface area contributed by atoms with Crippen LogP contribution >= 0.6 is 0 Å². The van der Waals surface area contributed by atoms with Gasteiger partial charge in [0.15, 0.2) is 0 Å². The van der Waals surface area contributed by atoms with E-state index in [1.807, 2.05) is 13.8 Å². The molecule has 2 N–H and O–H groups in total. The van der Waals surface area contributed by atoms with Gasteiger partial charge in [0, 0.05) is 29.5 Å². The monoisotopic (exact) mass is 310 g/mol. The van der Waals surface area contributed by atoms with Crippen LogP contribution in [0.15, 0.2) is 36.4 Å². The van der Waals surface area contributed by atoms with Crippen LogP contribution in [0.4, 0.5) is 11.5 Å². The van der Waals surface area contributed by atoms with Gasteiger partial charge in [-0.15, -0.1) is 0 Å². The summed E-state index contributed by atoms with van der Waals surface area (Å²) in [6, 6.07) is 9.78. The summed E-state index contributed by atoms with van der Waals surface area (Å²) in [6.07, 6.45) is 0. The molecule has 0 radical (unpaired) electrons. The van der Waals surface area contributed by atoms with Crippen molar-refractivity contribution in [2.75, 3.05) is 5.73 Å². The first-order valence-corrected chi connectivity index (χ1v) is 6.87. The van der Waals surface area contributed by atoms with Gasteiger partial charge in [0.2, 0.25) is 0 Å². The largest absolute Gasteiger partial charge is 0.383 e. The number of benzene rings is 1. The molecule has 3 aromatic rings. The standard InChI is InChI=1S/C15H14N6O2/c1-9-6-13(11-4-3-5-12(8-11)21(22)23)18-15(17-9)20-14(16)7-10(2)19-20/h3-8H,16H2,1-2H3. The molecule has 3 rings (SSSR count). The van der Waals surface area contributed by atoms with Crippen LogP contribution in [0.2, 0.25) is 0 Å². The van der Waals surface area contributed by atoms with Crippen molar-refractivity contribution in [1.82, 2.24) is 19.7 Å². The van der Waals surface area contributed by atoms with E-state index in [0.717, 1.165) is 5.69 Å². The van der Waals surface area contributed by atoms with E-state index < -0.39 is 4.92 Å². The average Bonchev–Trinajstić information content (AvgIpc) is 2.85. The van der Waals surface area contributed by atoms with Gasteiger partial charge in [-0.3, -0.25) is 10.1 Å². The Morgan fingerprint density at radius 3 is 2.57 bits per heavy atom. The molecule has 0 saturated heterocycles. The van der Waals surface area contributed by atoms with Gasteiger partial charge < -0.3 is 5.73 Å². The third-order valence-electron chi connectivity index (χ3n) is 3.24. The fourth-order valence-electron chi connectivity index (χ4n) is 2.25. The molecule has 0 bridgehead atoms. The molecule has 116 valence electrons. The van der Waals surface area contributed by atoms with E-state index in [0.29, 0.717) is 28.7 Å². The van der Waals surface area contributed by atoms with Crippen LogP contribution in [0, 0.1) is 24.0 Å². The molecule has 0 spiro atoms. The summed E-state index contributed by atoms with van der Waals surface area (Å²) in [5.74, 6) is 0.759. The molecule has 0 aliphatic heterocycles. The lowest BCUT2D eigenvalue weighted by atomic mass is 10.1.